The number of hydrogen-bond donors (Lipinski definition) is 2. The van der Waals surface area contributed by atoms with Crippen LogP contribution in [-0.2, 0) is 9.53 Å². The molecule has 0 aromatic heterocycles. The predicted molar refractivity (Wildman–Crippen MR) is 77.2 cm³/mol. The van der Waals surface area contributed by atoms with Gasteiger partial charge >= 0.3 is 0 Å². The molecule has 1 amide bonds. The molecule has 0 saturated carbocycles. The molecule has 112 valence electrons. The molecular formula is C14H29N3O2. The SMILES string of the molecule is COCCCNC(=O)C(C)NCC1CCCN(C)C1. The number of rotatable bonds is 8. The molecule has 1 rings (SSSR count). The Labute approximate surface area is 117 Å². The quantitative estimate of drug-likeness (QED) is 0.630. The van der Waals surface area contributed by atoms with Crippen molar-refractivity contribution in [1.82, 2.24) is 15.5 Å². The zero-order valence-electron chi connectivity index (χ0n) is 12.6. The van der Waals surface area contributed by atoms with Gasteiger partial charge in [-0.1, -0.05) is 0 Å². The van der Waals surface area contributed by atoms with Crippen LogP contribution in [0.15, 0.2) is 0 Å². The van der Waals surface area contributed by atoms with E-state index in [4.69, 9.17) is 4.74 Å². The summed E-state index contributed by atoms with van der Waals surface area (Å²) in [6.45, 7) is 6.57. The minimum Gasteiger partial charge on any atom is -0.385 e. The van der Waals surface area contributed by atoms with Crippen LogP contribution in [-0.4, -0.2) is 63.8 Å². The van der Waals surface area contributed by atoms with Gasteiger partial charge in [-0.25, -0.2) is 0 Å². The highest BCUT2D eigenvalue weighted by molar-refractivity contribution is 5.81. The van der Waals surface area contributed by atoms with Gasteiger partial charge in [0.05, 0.1) is 6.04 Å². The Balaban J connectivity index is 2.11. The Morgan fingerprint density at radius 2 is 2.32 bits per heavy atom. The Hall–Kier alpha value is -0.650. The largest absolute Gasteiger partial charge is 0.385 e. The van der Waals surface area contributed by atoms with E-state index in [1.165, 1.54) is 19.4 Å². The van der Waals surface area contributed by atoms with Crippen LogP contribution in [0.4, 0.5) is 0 Å². The standard InChI is InChI=1S/C14H29N3O2/c1-12(14(18)15-7-5-9-19-3)16-10-13-6-4-8-17(2)11-13/h12-13,16H,4-11H2,1-3H3,(H,15,18). The fourth-order valence-corrected chi connectivity index (χ4v) is 2.46. The highest BCUT2D eigenvalue weighted by Crippen LogP contribution is 2.13. The number of ether oxygens (including phenoxy) is 1. The molecule has 0 bridgehead atoms. The van der Waals surface area contributed by atoms with E-state index in [2.05, 4.69) is 22.6 Å². The topological polar surface area (TPSA) is 53.6 Å². The van der Waals surface area contributed by atoms with Crippen molar-refractivity contribution in [2.24, 2.45) is 5.92 Å². The molecule has 1 aliphatic rings. The molecule has 0 aliphatic carbocycles. The first kappa shape index (κ1) is 16.4. The van der Waals surface area contributed by atoms with Crippen LogP contribution < -0.4 is 10.6 Å². The van der Waals surface area contributed by atoms with Crippen molar-refractivity contribution in [3.8, 4) is 0 Å². The van der Waals surface area contributed by atoms with E-state index in [0.717, 1.165) is 19.5 Å². The number of piperidine rings is 1. The summed E-state index contributed by atoms with van der Waals surface area (Å²) in [5.41, 5.74) is 0. The van der Waals surface area contributed by atoms with Gasteiger partial charge in [-0.2, -0.15) is 0 Å². The Bertz CT molecular complexity index is 261. The number of likely N-dealkylation sites (tertiary alicyclic amines) is 1. The molecule has 1 saturated heterocycles. The first-order chi connectivity index (χ1) is 9.13. The van der Waals surface area contributed by atoms with Gasteiger partial charge in [0, 0.05) is 26.8 Å². The molecule has 0 aromatic rings. The van der Waals surface area contributed by atoms with E-state index in [9.17, 15) is 4.79 Å². The van der Waals surface area contributed by atoms with Crippen LogP contribution >= 0.6 is 0 Å². The first-order valence-electron chi connectivity index (χ1n) is 7.32. The van der Waals surface area contributed by atoms with Crippen LogP contribution in [0.3, 0.4) is 0 Å². The Kier molecular flexibility index (Phi) is 8.02. The third-order valence-corrected chi connectivity index (χ3v) is 3.65. The Morgan fingerprint density at radius 3 is 3.00 bits per heavy atom. The van der Waals surface area contributed by atoms with E-state index in [-0.39, 0.29) is 11.9 Å². The monoisotopic (exact) mass is 271 g/mol. The summed E-state index contributed by atoms with van der Waals surface area (Å²) in [5, 5.41) is 6.27. The van der Waals surface area contributed by atoms with Crippen molar-refractivity contribution in [3.63, 3.8) is 0 Å². The van der Waals surface area contributed by atoms with E-state index in [1.807, 2.05) is 6.92 Å². The van der Waals surface area contributed by atoms with Crippen LogP contribution in [0.1, 0.15) is 26.2 Å². The molecule has 1 fully saturated rings. The van der Waals surface area contributed by atoms with Crippen LogP contribution in [0.2, 0.25) is 0 Å². The van der Waals surface area contributed by atoms with E-state index >= 15 is 0 Å². The third-order valence-electron chi connectivity index (χ3n) is 3.65. The molecule has 0 aromatic carbocycles. The first-order valence-corrected chi connectivity index (χ1v) is 7.32. The maximum absolute atomic E-state index is 11.8. The van der Waals surface area contributed by atoms with Crippen molar-refractivity contribution < 1.29 is 9.53 Å². The molecule has 5 heteroatoms. The van der Waals surface area contributed by atoms with Gasteiger partial charge in [0.25, 0.3) is 0 Å². The maximum Gasteiger partial charge on any atom is 0.236 e. The summed E-state index contributed by atoms with van der Waals surface area (Å²) in [5.74, 6) is 0.753. The average molecular weight is 271 g/mol. The summed E-state index contributed by atoms with van der Waals surface area (Å²) < 4.78 is 4.95. The van der Waals surface area contributed by atoms with Crippen LogP contribution in [0.25, 0.3) is 0 Å². The lowest BCUT2D eigenvalue weighted by Crippen LogP contribution is -2.46. The van der Waals surface area contributed by atoms with Gasteiger partial charge in [-0.05, 0) is 52.2 Å². The predicted octanol–water partition coefficient (Wildman–Crippen LogP) is 0.459. The summed E-state index contributed by atoms with van der Waals surface area (Å²) in [7, 11) is 3.84. The van der Waals surface area contributed by atoms with Gasteiger partial charge in [-0.15, -0.1) is 0 Å². The fraction of sp³-hybridized carbons (Fsp3) is 0.929. The summed E-state index contributed by atoms with van der Waals surface area (Å²) >= 11 is 0. The molecule has 1 heterocycles. The minimum absolute atomic E-state index is 0.0836. The van der Waals surface area contributed by atoms with Crippen LogP contribution in [0.5, 0.6) is 0 Å². The second-order valence-corrected chi connectivity index (χ2v) is 5.54. The van der Waals surface area contributed by atoms with E-state index in [0.29, 0.717) is 19.1 Å². The van der Waals surface area contributed by atoms with Crippen molar-refractivity contribution in [2.75, 3.05) is 46.9 Å². The van der Waals surface area contributed by atoms with Gasteiger partial charge in [0.1, 0.15) is 0 Å². The summed E-state index contributed by atoms with van der Waals surface area (Å²) in [6.07, 6.45) is 3.39. The van der Waals surface area contributed by atoms with Gasteiger partial charge in [0.2, 0.25) is 5.91 Å². The normalized spacial score (nSPS) is 22.2. The van der Waals surface area contributed by atoms with E-state index in [1.54, 1.807) is 7.11 Å². The van der Waals surface area contributed by atoms with Gasteiger partial charge < -0.3 is 20.3 Å². The van der Waals surface area contributed by atoms with Crippen LogP contribution in [0, 0.1) is 5.92 Å². The summed E-state index contributed by atoms with van der Waals surface area (Å²) in [4.78, 5) is 14.2. The Morgan fingerprint density at radius 1 is 1.53 bits per heavy atom. The van der Waals surface area contributed by atoms with Gasteiger partial charge in [-0.3, -0.25) is 4.79 Å². The second-order valence-electron chi connectivity index (χ2n) is 5.54. The number of nitrogens with zero attached hydrogens (tertiary/aromatic N) is 1. The van der Waals surface area contributed by atoms with Crippen molar-refractivity contribution in [1.29, 1.82) is 0 Å². The van der Waals surface area contributed by atoms with Crippen molar-refractivity contribution >= 4 is 5.91 Å². The maximum atomic E-state index is 11.8. The lowest BCUT2D eigenvalue weighted by Gasteiger charge is -2.30. The van der Waals surface area contributed by atoms with Crippen molar-refractivity contribution in [2.45, 2.75) is 32.2 Å². The molecular weight excluding hydrogens is 242 g/mol. The third kappa shape index (κ3) is 6.89. The highest BCUT2D eigenvalue weighted by Gasteiger charge is 2.19. The minimum atomic E-state index is -0.116. The number of hydrogen-bond acceptors (Lipinski definition) is 4. The molecule has 5 nitrogen and oxygen atoms in total. The molecule has 0 radical (unpaired) electrons. The average Bonchev–Trinajstić information content (AvgIpc) is 2.41. The molecule has 0 spiro atoms. The zero-order chi connectivity index (χ0) is 14.1. The number of amides is 1. The number of carbonyl (C=O) groups is 1. The fourth-order valence-electron chi connectivity index (χ4n) is 2.46. The van der Waals surface area contributed by atoms with Gasteiger partial charge in [0.15, 0.2) is 0 Å². The molecule has 2 atom stereocenters. The molecule has 1 aliphatic heterocycles. The molecule has 2 unspecified atom stereocenters. The highest BCUT2D eigenvalue weighted by atomic mass is 16.5. The number of methoxy groups -OCH3 is 1. The summed E-state index contributed by atoms with van der Waals surface area (Å²) in [6, 6.07) is -0.116. The smallest absolute Gasteiger partial charge is 0.236 e. The van der Waals surface area contributed by atoms with E-state index < -0.39 is 0 Å². The molecule has 2 N–H and O–H groups in total. The molecule has 19 heavy (non-hydrogen) atoms. The lowest BCUT2D eigenvalue weighted by atomic mass is 9.98. The number of nitrogens with one attached hydrogen (secondary N) is 2. The zero-order valence-corrected chi connectivity index (χ0v) is 12.6. The second kappa shape index (κ2) is 9.28. The number of carbonyl (C=O) groups excluding carboxylic acids is 1. The van der Waals surface area contributed by atoms with Crippen molar-refractivity contribution in [3.05, 3.63) is 0 Å². The lowest BCUT2D eigenvalue weighted by molar-refractivity contribution is -0.122.